The molecule has 4 aromatic rings. The topological polar surface area (TPSA) is 69.3 Å². The normalized spacial score (nSPS) is 13.9. The Morgan fingerprint density at radius 3 is 2.62 bits per heavy atom. The Morgan fingerprint density at radius 2 is 1.91 bits per heavy atom. The Balaban J connectivity index is 1.47. The minimum absolute atomic E-state index is 0.158. The van der Waals surface area contributed by atoms with Crippen LogP contribution >= 0.6 is 11.6 Å². The number of benzene rings is 2. The predicted molar refractivity (Wildman–Crippen MR) is 129 cm³/mol. The fraction of sp³-hybridized carbons (Fsp3) is 0.231. The summed E-state index contributed by atoms with van der Waals surface area (Å²) in [6, 6.07) is 14.9. The molecule has 1 saturated carbocycles. The predicted octanol–water partition coefficient (Wildman–Crippen LogP) is 6.98. The number of rotatable bonds is 6. The number of methoxy groups -OCH3 is 1. The van der Waals surface area contributed by atoms with Gasteiger partial charge in [-0.25, -0.2) is 9.37 Å². The molecule has 1 N–H and O–H groups in total. The number of carbonyl (C=O) groups is 1. The summed E-state index contributed by atoms with van der Waals surface area (Å²) in [6.45, 7) is 0. The fourth-order valence-corrected chi connectivity index (χ4v) is 4.67. The summed E-state index contributed by atoms with van der Waals surface area (Å²) in [6.07, 6.45) is 6.23. The third kappa shape index (κ3) is 4.31. The molecule has 1 aliphatic carbocycles. The zero-order valence-electron chi connectivity index (χ0n) is 18.6. The van der Waals surface area contributed by atoms with Crippen molar-refractivity contribution in [2.45, 2.75) is 31.7 Å². The molecule has 0 unspecified atom stereocenters. The largest absolute Gasteiger partial charge is 0.495 e. The maximum absolute atomic E-state index is 13.5. The fourth-order valence-electron chi connectivity index (χ4n) is 4.41. The van der Waals surface area contributed by atoms with Gasteiger partial charge in [-0.1, -0.05) is 24.4 Å². The lowest BCUT2D eigenvalue weighted by molar-refractivity contribution is 0.0997. The third-order valence-electron chi connectivity index (χ3n) is 6.10. The monoisotopic (exact) mass is 479 g/mol. The van der Waals surface area contributed by atoms with Gasteiger partial charge in [0.05, 0.1) is 24.2 Å². The van der Waals surface area contributed by atoms with Gasteiger partial charge in [-0.15, -0.1) is 0 Å². The minimum Gasteiger partial charge on any atom is -0.495 e. The first-order valence-electron chi connectivity index (χ1n) is 11.1. The molecule has 1 amide bonds. The summed E-state index contributed by atoms with van der Waals surface area (Å²) in [7, 11) is 1.53. The van der Waals surface area contributed by atoms with Crippen molar-refractivity contribution in [3.63, 3.8) is 0 Å². The van der Waals surface area contributed by atoms with E-state index < -0.39 is 5.91 Å². The first-order chi connectivity index (χ1) is 16.5. The second kappa shape index (κ2) is 9.35. The molecule has 0 aliphatic heterocycles. The molecular formula is C26H23ClFN3O3. The van der Waals surface area contributed by atoms with Crippen LogP contribution in [-0.2, 0) is 0 Å². The van der Waals surface area contributed by atoms with Gasteiger partial charge in [-0.3, -0.25) is 4.79 Å². The van der Waals surface area contributed by atoms with E-state index >= 15 is 0 Å². The molecular weight excluding hydrogens is 457 g/mol. The molecule has 0 bridgehead atoms. The third-order valence-corrected chi connectivity index (χ3v) is 6.40. The van der Waals surface area contributed by atoms with Gasteiger partial charge in [0, 0.05) is 17.3 Å². The summed E-state index contributed by atoms with van der Waals surface area (Å²) in [5.41, 5.74) is 2.78. The quantitative estimate of drug-likeness (QED) is 0.324. The second-order valence-corrected chi connectivity index (χ2v) is 8.67. The molecule has 2 heterocycles. The SMILES string of the molecule is COc1ccc(NC(=O)c2ccc(-c3c(-c4ccc(F)cc4)ncn3C3CCCC3)o2)cc1Cl. The van der Waals surface area contributed by atoms with Gasteiger partial charge in [-0.05, 0) is 67.4 Å². The number of furan rings is 1. The van der Waals surface area contributed by atoms with Crippen LogP contribution in [-0.4, -0.2) is 22.6 Å². The van der Waals surface area contributed by atoms with E-state index in [0.29, 0.717) is 34.0 Å². The summed E-state index contributed by atoms with van der Waals surface area (Å²) in [4.78, 5) is 17.5. The van der Waals surface area contributed by atoms with Crippen LogP contribution < -0.4 is 10.1 Å². The second-order valence-electron chi connectivity index (χ2n) is 8.26. The van der Waals surface area contributed by atoms with Gasteiger partial charge in [0.15, 0.2) is 11.5 Å². The van der Waals surface area contributed by atoms with Crippen molar-refractivity contribution in [3.8, 4) is 28.5 Å². The average molecular weight is 480 g/mol. The van der Waals surface area contributed by atoms with Crippen molar-refractivity contribution >= 4 is 23.2 Å². The van der Waals surface area contributed by atoms with Crippen LogP contribution in [0.4, 0.5) is 10.1 Å². The van der Waals surface area contributed by atoms with Crippen molar-refractivity contribution in [2.24, 2.45) is 0 Å². The van der Waals surface area contributed by atoms with Gasteiger partial charge in [0.1, 0.15) is 17.3 Å². The zero-order valence-corrected chi connectivity index (χ0v) is 19.3. The van der Waals surface area contributed by atoms with Crippen LogP contribution in [0.2, 0.25) is 5.02 Å². The van der Waals surface area contributed by atoms with E-state index in [2.05, 4.69) is 14.9 Å². The van der Waals surface area contributed by atoms with Crippen molar-refractivity contribution in [1.82, 2.24) is 9.55 Å². The van der Waals surface area contributed by atoms with E-state index in [0.717, 1.165) is 36.9 Å². The Bertz CT molecular complexity index is 1320. The molecule has 2 aromatic carbocycles. The van der Waals surface area contributed by atoms with E-state index in [9.17, 15) is 9.18 Å². The van der Waals surface area contributed by atoms with E-state index in [1.807, 2.05) is 6.33 Å². The molecule has 0 atom stereocenters. The minimum atomic E-state index is -0.400. The van der Waals surface area contributed by atoms with Crippen LogP contribution in [0, 0.1) is 5.82 Å². The van der Waals surface area contributed by atoms with Gasteiger partial charge < -0.3 is 19.0 Å². The van der Waals surface area contributed by atoms with Crippen molar-refractivity contribution in [3.05, 3.63) is 77.5 Å². The molecule has 34 heavy (non-hydrogen) atoms. The molecule has 6 nitrogen and oxygen atoms in total. The molecule has 0 saturated heterocycles. The number of anilines is 1. The number of carbonyl (C=O) groups excluding carboxylic acids is 1. The number of amides is 1. The van der Waals surface area contributed by atoms with Crippen molar-refractivity contribution < 1.29 is 18.3 Å². The maximum Gasteiger partial charge on any atom is 0.291 e. The first-order valence-corrected chi connectivity index (χ1v) is 11.5. The number of hydrogen-bond donors (Lipinski definition) is 1. The van der Waals surface area contributed by atoms with Crippen LogP contribution in [0.3, 0.4) is 0 Å². The molecule has 2 aromatic heterocycles. The Hall–Kier alpha value is -3.58. The standard InChI is InChI=1S/C26H23ClFN3O3/c1-33-21-11-10-18(14-20(21)27)30-26(32)23-13-12-22(34-23)25-24(16-6-8-17(28)9-7-16)29-15-31(25)19-4-2-3-5-19/h6-15,19H,2-5H2,1H3,(H,30,32). The molecule has 5 rings (SSSR count). The van der Waals surface area contributed by atoms with E-state index in [-0.39, 0.29) is 11.6 Å². The van der Waals surface area contributed by atoms with Crippen LogP contribution in [0.1, 0.15) is 42.3 Å². The number of nitrogens with zero attached hydrogens (tertiary/aromatic N) is 2. The lowest BCUT2D eigenvalue weighted by Crippen LogP contribution is -2.10. The van der Waals surface area contributed by atoms with Gasteiger partial charge >= 0.3 is 0 Å². The highest BCUT2D eigenvalue weighted by atomic mass is 35.5. The molecule has 0 spiro atoms. The highest BCUT2D eigenvalue weighted by molar-refractivity contribution is 6.32. The molecule has 174 valence electrons. The van der Waals surface area contributed by atoms with E-state index in [4.69, 9.17) is 20.8 Å². The van der Waals surface area contributed by atoms with Gasteiger partial charge in [-0.2, -0.15) is 0 Å². The summed E-state index contributed by atoms with van der Waals surface area (Å²) in [5, 5.41) is 3.19. The lowest BCUT2D eigenvalue weighted by Gasteiger charge is -2.15. The van der Waals surface area contributed by atoms with E-state index in [1.54, 1.807) is 42.5 Å². The Kier molecular flexibility index (Phi) is 6.11. The number of aromatic nitrogens is 2. The number of halogens is 2. The number of ether oxygens (including phenoxy) is 1. The summed E-state index contributed by atoms with van der Waals surface area (Å²) < 4.78 is 26.8. The first kappa shape index (κ1) is 22.2. The number of imidazole rings is 1. The molecule has 1 fully saturated rings. The lowest BCUT2D eigenvalue weighted by atomic mass is 10.1. The smallest absolute Gasteiger partial charge is 0.291 e. The zero-order chi connectivity index (χ0) is 23.7. The van der Waals surface area contributed by atoms with Gasteiger partial charge in [0.2, 0.25) is 0 Å². The molecule has 8 heteroatoms. The number of nitrogens with one attached hydrogen (secondary N) is 1. The van der Waals surface area contributed by atoms with Crippen LogP contribution in [0.25, 0.3) is 22.7 Å². The summed E-state index contributed by atoms with van der Waals surface area (Å²) in [5.74, 6) is 0.500. The van der Waals surface area contributed by atoms with Gasteiger partial charge in [0.25, 0.3) is 5.91 Å². The van der Waals surface area contributed by atoms with Crippen LogP contribution in [0.15, 0.2) is 65.3 Å². The van der Waals surface area contributed by atoms with Crippen LogP contribution in [0.5, 0.6) is 5.75 Å². The number of hydrogen-bond acceptors (Lipinski definition) is 4. The highest BCUT2D eigenvalue weighted by Crippen LogP contribution is 2.39. The average Bonchev–Trinajstić information content (AvgIpc) is 3.59. The van der Waals surface area contributed by atoms with Crippen molar-refractivity contribution in [1.29, 1.82) is 0 Å². The summed E-state index contributed by atoms with van der Waals surface area (Å²) >= 11 is 6.16. The molecule has 1 aliphatic rings. The van der Waals surface area contributed by atoms with E-state index in [1.165, 1.54) is 19.2 Å². The van der Waals surface area contributed by atoms with Crippen molar-refractivity contribution in [2.75, 3.05) is 12.4 Å². The maximum atomic E-state index is 13.5. The Labute approximate surface area is 201 Å². The Morgan fingerprint density at radius 1 is 1.15 bits per heavy atom. The highest BCUT2D eigenvalue weighted by Gasteiger charge is 2.26. The molecule has 0 radical (unpaired) electrons.